The maximum absolute atomic E-state index is 10.6. The van der Waals surface area contributed by atoms with Crippen molar-refractivity contribution in [2.75, 3.05) is 13.7 Å². The van der Waals surface area contributed by atoms with Crippen molar-refractivity contribution in [3.05, 3.63) is 0 Å². The van der Waals surface area contributed by atoms with Crippen LogP contribution in [0, 0.1) is 0 Å². The summed E-state index contributed by atoms with van der Waals surface area (Å²) in [6.07, 6.45) is 12.3. The highest BCUT2D eigenvalue weighted by molar-refractivity contribution is 5.59. The smallest absolute Gasteiger partial charge is 0.438 e. The number of carbonyl (C=O) groups is 1. The summed E-state index contributed by atoms with van der Waals surface area (Å²) in [7, 11) is 1.33. The normalized spacial score (nSPS) is 10.2. The molecule has 0 N–H and O–H groups in total. The summed E-state index contributed by atoms with van der Waals surface area (Å²) in [5.74, 6) is 0. The van der Waals surface area contributed by atoms with Gasteiger partial charge in [0.2, 0.25) is 0 Å². The van der Waals surface area contributed by atoms with Crippen LogP contribution < -0.4 is 0 Å². The summed E-state index contributed by atoms with van der Waals surface area (Å²) in [5, 5.41) is 0. The predicted octanol–water partition coefficient (Wildman–Crippen LogP) is 4.69. The van der Waals surface area contributed by atoms with Crippen LogP contribution in [0.15, 0.2) is 0 Å². The summed E-state index contributed by atoms with van der Waals surface area (Å²) in [5.41, 5.74) is 0. The van der Waals surface area contributed by atoms with Crippen molar-refractivity contribution in [3.63, 3.8) is 0 Å². The highest BCUT2D eigenvalue weighted by Gasteiger charge is 1.98. The molecule has 0 aromatic heterocycles. The van der Waals surface area contributed by atoms with Crippen molar-refractivity contribution >= 4 is 6.16 Å². The molecule has 0 bridgehead atoms. The third-order valence-electron chi connectivity index (χ3n) is 2.88. The predicted molar refractivity (Wildman–Crippen MR) is 70.2 cm³/mol. The molecule has 0 aliphatic rings. The fourth-order valence-corrected chi connectivity index (χ4v) is 1.80. The van der Waals surface area contributed by atoms with Gasteiger partial charge in [-0.25, -0.2) is 4.79 Å². The van der Waals surface area contributed by atoms with Crippen LogP contribution in [-0.4, -0.2) is 19.9 Å². The number of hydrogen-bond donors (Lipinski definition) is 0. The third kappa shape index (κ3) is 13.2. The lowest BCUT2D eigenvalue weighted by atomic mass is 10.1. The Hall–Kier alpha value is -0.730. The number of methoxy groups -OCH3 is 1. The molecule has 0 spiro atoms. The van der Waals surface area contributed by atoms with Gasteiger partial charge in [0, 0.05) is 0 Å². The van der Waals surface area contributed by atoms with E-state index in [0.717, 1.165) is 12.8 Å². The summed E-state index contributed by atoms with van der Waals surface area (Å²) in [6.45, 7) is 2.74. The molecule has 0 aromatic carbocycles. The van der Waals surface area contributed by atoms with Gasteiger partial charge in [-0.15, -0.1) is 0 Å². The Morgan fingerprint density at radius 1 is 0.824 bits per heavy atom. The molecule has 3 heteroatoms. The van der Waals surface area contributed by atoms with E-state index in [4.69, 9.17) is 4.74 Å². The number of unbranched alkanes of at least 4 members (excludes halogenated alkanes) is 9. The van der Waals surface area contributed by atoms with E-state index in [2.05, 4.69) is 11.7 Å². The van der Waals surface area contributed by atoms with Crippen LogP contribution in [0.4, 0.5) is 4.79 Å². The van der Waals surface area contributed by atoms with Gasteiger partial charge in [-0.3, -0.25) is 0 Å². The van der Waals surface area contributed by atoms with E-state index >= 15 is 0 Å². The summed E-state index contributed by atoms with van der Waals surface area (Å²) >= 11 is 0. The first kappa shape index (κ1) is 16.3. The topological polar surface area (TPSA) is 35.5 Å². The first-order chi connectivity index (χ1) is 8.31. The minimum atomic E-state index is -0.569. The van der Waals surface area contributed by atoms with Crippen LogP contribution >= 0.6 is 0 Å². The van der Waals surface area contributed by atoms with Crippen molar-refractivity contribution < 1.29 is 14.3 Å². The van der Waals surface area contributed by atoms with Gasteiger partial charge in [0.1, 0.15) is 0 Å². The number of ether oxygens (including phenoxy) is 2. The summed E-state index contributed by atoms with van der Waals surface area (Å²) < 4.78 is 9.18. The highest BCUT2D eigenvalue weighted by Crippen LogP contribution is 2.10. The van der Waals surface area contributed by atoms with Crippen LogP contribution in [0.1, 0.15) is 71.1 Å². The van der Waals surface area contributed by atoms with Gasteiger partial charge in [-0.05, 0) is 6.42 Å². The van der Waals surface area contributed by atoms with E-state index in [-0.39, 0.29) is 0 Å². The summed E-state index contributed by atoms with van der Waals surface area (Å²) in [4.78, 5) is 10.6. The second kappa shape index (κ2) is 13.3. The lowest BCUT2D eigenvalue weighted by Crippen LogP contribution is -2.05. The van der Waals surface area contributed by atoms with Gasteiger partial charge in [0.15, 0.2) is 0 Å². The first-order valence-corrected chi connectivity index (χ1v) is 7.02. The van der Waals surface area contributed by atoms with Crippen LogP contribution in [0.2, 0.25) is 0 Å². The second-order valence-corrected chi connectivity index (χ2v) is 4.48. The average molecular weight is 244 g/mol. The van der Waals surface area contributed by atoms with Gasteiger partial charge in [0.05, 0.1) is 13.7 Å². The Balaban J connectivity index is 2.96. The molecule has 0 heterocycles. The standard InChI is InChI=1S/C14H28O3/c1-3-4-5-6-7-8-9-10-11-12-13-17-14(15)16-2/h3-13H2,1-2H3. The van der Waals surface area contributed by atoms with Crippen molar-refractivity contribution in [1.29, 1.82) is 0 Å². The lowest BCUT2D eigenvalue weighted by molar-refractivity contribution is 0.0713. The molecular weight excluding hydrogens is 216 g/mol. The molecule has 102 valence electrons. The molecule has 0 fully saturated rings. The number of carbonyl (C=O) groups excluding carboxylic acids is 1. The van der Waals surface area contributed by atoms with E-state index in [1.165, 1.54) is 58.5 Å². The first-order valence-electron chi connectivity index (χ1n) is 7.02. The Morgan fingerprint density at radius 2 is 1.29 bits per heavy atom. The van der Waals surface area contributed by atoms with Crippen molar-refractivity contribution in [1.82, 2.24) is 0 Å². The van der Waals surface area contributed by atoms with E-state index in [9.17, 15) is 4.79 Å². The maximum atomic E-state index is 10.6. The molecule has 0 amide bonds. The molecule has 0 radical (unpaired) electrons. The Labute approximate surface area is 106 Å². The molecule has 0 aromatic rings. The molecule has 0 aliphatic carbocycles. The second-order valence-electron chi connectivity index (χ2n) is 4.48. The molecular formula is C14H28O3. The van der Waals surface area contributed by atoms with E-state index in [0.29, 0.717) is 6.61 Å². The number of rotatable bonds is 11. The van der Waals surface area contributed by atoms with Gasteiger partial charge in [-0.1, -0.05) is 64.7 Å². The van der Waals surface area contributed by atoms with Gasteiger partial charge in [0.25, 0.3) is 0 Å². The van der Waals surface area contributed by atoms with Crippen LogP contribution in [0.5, 0.6) is 0 Å². The van der Waals surface area contributed by atoms with Crippen LogP contribution in [-0.2, 0) is 9.47 Å². The minimum absolute atomic E-state index is 0.489. The Kier molecular flexibility index (Phi) is 12.8. The quantitative estimate of drug-likeness (QED) is 0.390. The third-order valence-corrected chi connectivity index (χ3v) is 2.88. The maximum Gasteiger partial charge on any atom is 0.507 e. The fourth-order valence-electron chi connectivity index (χ4n) is 1.80. The van der Waals surface area contributed by atoms with E-state index in [1.54, 1.807) is 0 Å². The Morgan fingerprint density at radius 3 is 1.76 bits per heavy atom. The van der Waals surface area contributed by atoms with Gasteiger partial charge < -0.3 is 9.47 Å². The molecule has 3 nitrogen and oxygen atoms in total. The van der Waals surface area contributed by atoms with Crippen LogP contribution in [0.3, 0.4) is 0 Å². The van der Waals surface area contributed by atoms with Gasteiger partial charge in [-0.2, -0.15) is 0 Å². The molecule has 0 saturated carbocycles. The van der Waals surface area contributed by atoms with Crippen molar-refractivity contribution in [2.24, 2.45) is 0 Å². The molecule has 0 aliphatic heterocycles. The molecule has 0 saturated heterocycles. The molecule has 0 atom stereocenters. The zero-order valence-corrected chi connectivity index (χ0v) is 11.5. The zero-order chi connectivity index (χ0) is 12.8. The van der Waals surface area contributed by atoms with Crippen LogP contribution in [0.25, 0.3) is 0 Å². The lowest BCUT2D eigenvalue weighted by Gasteiger charge is -2.03. The van der Waals surface area contributed by atoms with E-state index < -0.39 is 6.16 Å². The SMILES string of the molecule is CCCCCCCCCCCCOC(=O)OC. The average Bonchev–Trinajstić information content (AvgIpc) is 2.35. The van der Waals surface area contributed by atoms with Gasteiger partial charge >= 0.3 is 6.16 Å². The highest BCUT2D eigenvalue weighted by atomic mass is 16.7. The Bertz CT molecular complexity index is 169. The fraction of sp³-hybridized carbons (Fsp3) is 0.929. The molecule has 0 unspecified atom stereocenters. The number of hydrogen-bond acceptors (Lipinski definition) is 3. The zero-order valence-electron chi connectivity index (χ0n) is 11.5. The molecule has 0 rings (SSSR count). The van der Waals surface area contributed by atoms with Crippen molar-refractivity contribution in [2.45, 2.75) is 71.1 Å². The largest absolute Gasteiger partial charge is 0.507 e. The van der Waals surface area contributed by atoms with Crippen molar-refractivity contribution in [3.8, 4) is 0 Å². The molecule has 17 heavy (non-hydrogen) atoms. The monoisotopic (exact) mass is 244 g/mol. The minimum Gasteiger partial charge on any atom is -0.438 e. The summed E-state index contributed by atoms with van der Waals surface area (Å²) in [6, 6.07) is 0. The van der Waals surface area contributed by atoms with E-state index in [1.807, 2.05) is 0 Å².